The van der Waals surface area contributed by atoms with Gasteiger partial charge in [-0.15, -0.1) is 0 Å². The Balaban J connectivity index is 0.000000214. The lowest BCUT2D eigenvalue weighted by Crippen LogP contribution is -2.30. The van der Waals surface area contributed by atoms with Gasteiger partial charge in [0.2, 0.25) is 0 Å². The van der Waals surface area contributed by atoms with E-state index in [0.29, 0.717) is 11.1 Å². The SMILES string of the molecule is Cc1onc(-c2c(Cl)cccc2Cl)c1C(=O)NNc1cccc(C(F)(F)F)n1.Cc1onc(-c2c(Cl)cccc2Cl)c1C(=O)NNc1cccc(C(F)(F)F)n1. The van der Waals surface area contributed by atoms with Crippen molar-refractivity contribution in [3.8, 4) is 22.5 Å². The van der Waals surface area contributed by atoms with Gasteiger partial charge in [0.15, 0.2) is 0 Å². The Morgan fingerprint density at radius 1 is 0.554 bits per heavy atom. The van der Waals surface area contributed by atoms with Gasteiger partial charge in [-0.3, -0.25) is 31.3 Å². The number of benzene rings is 2. The average Bonchev–Trinajstić information content (AvgIpc) is 3.71. The van der Waals surface area contributed by atoms with E-state index >= 15 is 0 Å². The van der Waals surface area contributed by atoms with Crippen LogP contribution in [0.3, 0.4) is 0 Å². The van der Waals surface area contributed by atoms with Crippen molar-refractivity contribution in [1.29, 1.82) is 0 Å². The maximum Gasteiger partial charge on any atom is 0.433 e. The van der Waals surface area contributed by atoms with Gasteiger partial charge in [0.1, 0.15) is 57.1 Å². The lowest BCUT2D eigenvalue weighted by molar-refractivity contribution is -0.141. The van der Waals surface area contributed by atoms with Crippen LogP contribution in [-0.4, -0.2) is 32.1 Å². The van der Waals surface area contributed by atoms with Gasteiger partial charge < -0.3 is 9.05 Å². The first-order valence-electron chi connectivity index (χ1n) is 15.4. The molecule has 0 unspecified atom stereocenters. The zero-order valence-corrected chi connectivity index (χ0v) is 31.2. The van der Waals surface area contributed by atoms with E-state index in [1.54, 1.807) is 36.4 Å². The summed E-state index contributed by atoms with van der Waals surface area (Å²) in [6.07, 6.45) is -9.22. The number of alkyl halides is 6. The maximum absolute atomic E-state index is 12.7. The Morgan fingerprint density at radius 3 is 1.20 bits per heavy atom. The Kier molecular flexibility index (Phi) is 12.7. The first-order valence-corrected chi connectivity index (χ1v) is 16.9. The molecule has 0 saturated carbocycles. The first-order chi connectivity index (χ1) is 26.4. The van der Waals surface area contributed by atoms with Crippen LogP contribution in [0.5, 0.6) is 0 Å². The monoisotopic (exact) mass is 860 g/mol. The summed E-state index contributed by atoms with van der Waals surface area (Å²) in [5.74, 6) is -1.50. The second-order valence-electron chi connectivity index (χ2n) is 11.1. The first kappa shape index (κ1) is 41.6. The third-order valence-electron chi connectivity index (χ3n) is 7.27. The van der Waals surface area contributed by atoms with Crippen LogP contribution in [-0.2, 0) is 12.4 Å². The summed E-state index contributed by atoms with van der Waals surface area (Å²) in [4.78, 5) is 32.0. The fourth-order valence-corrected chi connectivity index (χ4v) is 5.91. The number of rotatable bonds is 8. The topological polar surface area (TPSA) is 160 Å². The molecule has 56 heavy (non-hydrogen) atoms. The van der Waals surface area contributed by atoms with Crippen LogP contribution < -0.4 is 21.7 Å². The van der Waals surface area contributed by atoms with Gasteiger partial charge in [-0.25, -0.2) is 9.97 Å². The predicted molar refractivity (Wildman–Crippen MR) is 194 cm³/mol. The average molecular weight is 862 g/mol. The molecular formula is C34H22Cl4F6N8O4. The predicted octanol–water partition coefficient (Wildman–Crippen LogP) is 10.3. The van der Waals surface area contributed by atoms with Gasteiger partial charge in [0.05, 0.1) is 20.1 Å². The zero-order chi connectivity index (χ0) is 40.9. The van der Waals surface area contributed by atoms with Crippen molar-refractivity contribution in [3.05, 3.63) is 127 Å². The van der Waals surface area contributed by atoms with Crippen LogP contribution in [0.25, 0.3) is 22.5 Å². The number of hydrogen-bond donors (Lipinski definition) is 4. The lowest BCUT2D eigenvalue weighted by Gasteiger charge is -2.11. The number of pyridine rings is 2. The van der Waals surface area contributed by atoms with E-state index in [1.165, 1.54) is 26.0 Å². The number of aryl methyl sites for hydroxylation is 2. The third-order valence-corrected chi connectivity index (χ3v) is 8.53. The highest BCUT2D eigenvalue weighted by molar-refractivity contribution is 6.40. The molecular weight excluding hydrogens is 840 g/mol. The molecule has 0 aliphatic rings. The number of halogens is 10. The number of aromatic nitrogens is 4. The van der Waals surface area contributed by atoms with Gasteiger partial charge in [0.25, 0.3) is 11.8 Å². The highest BCUT2D eigenvalue weighted by Gasteiger charge is 2.34. The number of hydrogen-bond acceptors (Lipinski definition) is 10. The number of carbonyl (C=O) groups excluding carboxylic acids is 2. The number of nitrogens with zero attached hydrogens (tertiary/aromatic N) is 4. The summed E-state index contributed by atoms with van der Waals surface area (Å²) < 4.78 is 86.6. The smallest absolute Gasteiger partial charge is 0.360 e. The fourth-order valence-electron chi connectivity index (χ4n) is 4.76. The molecule has 292 valence electrons. The van der Waals surface area contributed by atoms with E-state index in [0.717, 1.165) is 24.3 Å². The van der Waals surface area contributed by atoms with Crippen molar-refractivity contribution in [3.63, 3.8) is 0 Å². The molecule has 22 heteroatoms. The molecule has 2 amide bonds. The van der Waals surface area contributed by atoms with Gasteiger partial charge in [-0.2, -0.15) is 26.3 Å². The van der Waals surface area contributed by atoms with Crippen LogP contribution in [0.4, 0.5) is 38.0 Å². The number of carbonyl (C=O) groups is 2. The summed E-state index contributed by atoms with van der Waals surface area (Å²) in [6.45, 7) is 3.00. The second-order valence-corrected chi connectivity index (χ2v) is 12.7. The lowest BCUT2D eigenvalue weighted by atomic mass is 10.1. The molecule has 0 fully saturated rings. The third kappa shape index (κ3) is 9.62. The van der Waals surface area contributed by atoms with Gasteiger partial charge in [-0.05, 0) is 62.4 Å². The minimum absolute atomic E-state index is 0.0227. The standard InChI is InChI=1S/2C17H11Cl2F3N4O2/c2*1-8-13(15(26-28-8)14-9(18)4-2-5-10(14)19)16(27)25-24-12-7-3-6-11(23-12)17(20,21)22/h2*2-7H,1H3,(H,23,24)(H,25,27). The summed E-state index contributed by atoms with van der Waals surface area (Å²) in [5, 5.41) is 8.68. The highest BCUT2D eigenvalue weighted by atomic mass is 35.5. The van der Waals surface area contributed by atoms with Gasteiger partial charge in [-0.1, -0.05) is 81.0 Å². The molecule has 2 aromatic carbocycles. The largest absolute Gasteiger partial charge is 0.433 e. The van der Waals surface area contributed by atoms with E-state index in [-0.39, 0.29) is 65.8 Å². The van der Waals surface area contributed by atoms with Crippen molar-refractivity contribution in [2.24, 2.45) is 0 Å². The minimum atomic E-state index is -4.61. The quantitative estimate of drug-likeness (QED) is 0.0857. The Labute approximate surface area is 331 Å². The van der Waals surface area contributed by atoms with Gasteiger partial charge in [0, 0.05) is 11.1 Å². The molecule has 0 saturated heterocycles. The molecule has 12 nitrogen and oxygen atoms in total. The van der Waals surface area contributed by atoms with Crippen LogP contribution in [0.2, 0.25) is 20.1 Å². The molecule has 0 radical (unpaired) electrons. The van der Waals surface area contributed by atoms with Crippen molar-refractivity contribution >= 4 is 69.9 Å². The summed E-state index contributed by atoms with van der Waals surface area (Å²) in [6, 6.07) is 16.0. The number of amides is 2. The highest BCUT2D eigenvalue weighted by Crippen LogP contribution is 2.38. The zero-order valence-electron chi connectivity index (χ0n) is 28.1. The summed E-state index contributed by atoms with van der Waals surface area (Å²) in [5.41, 5.74) is 7.84. The molecule has 4 N–H and O–H groups in total. The number of hydrazine groups is 2. The van der Waals surface area contributed by atoms with E-state index < -0.39 is 35.6 Å². The van der Waals surface area contributed by atoms with Gasteiger partial charge >= 0.3 is 12.4 Å². The fraction of sp³-hybridized carbons (Fsp3) is 0.118. The van der Waals surface area contributed by atoms with Crippen molar-refractivity contribution in [1.82, 2.24) is 31.1 Å². The van der Waals surface area contributed by atoms with Crippen molar-refractivity contribution in [2.75, 3.05) is 10.9 Å². The summed E-state index contributed by atoms with van der Waals surface area (Å²) >= 11 is 24.6. The molecule has 6 rings (SSSR count). The van der Waals surface area contributed by atoms with E-state index in [2.05, 4.69) is 42.0 Å². The van der Waals surface area contributed by atoms with Crippen molar-refractivity contribution < 1.29 is 45.0 Å². The van der Waals surface area contributed by atoms with Crippen LogP contribution in [0.1, 0.15) is 43.6 Å². The van der Waals surface area contributed by atoms with Crippen LogP contribution in [0, 0.1) is 13.8 Å². The maximum atomic E-state index is 12.7. The Hall–Kier alpha value is -5.56. The molecule has 6 aromatic rings. The second kappa shape index (κ2) is 17.1. The van der Waals surface area contributed by atoms with E-state index in [1.807, 2.05) is 0 Å². The number of nitrogens with one attached hydrogen (secondary N) is 4. The van der Waals surface area contributed by atoms with Crippen LogP contribution in [0.15, 0.2) is 81.8 Å². The Morgan fingerprint density at radius 2 is 0.875 bits per heavy atom. The minimum Gasteiger partial charge on any atom is -0.360 e. The molecule has 0 atom stereocenters. The molecule has 0 bridgehead atoms. The molecule has 4 aromatic heterocycles. The van der Waals surface area contributed by atoms with Crippen LogP contribution >= 0.6 is 46.4 Å². The van der Waals surface area contributed by atoms with E-state index in [4.69, 9.17) is 55.4 Å². The molecule has 0 aliphatic heterocycles. The normalized spacial score (nSPS) is 11.4. The molecule has 0 spiro atoms. The Bertz CT molecular complexity index is 2200. The number of anilines is 2. The van der Waals surface area contributed by atoms with E-state index in [9.17, 15) is 35.9 Å². The van der Waals surface area contributed by atoms with Crippen molar-refractivity contribution in [2.45, 2.75) is 26.2 Å². The molecule has 0 aliphatic carbocycles. The summed E-state index contributed by atoms with van der Waals surface area (Å²) in [7, 11) is 0. The molecule has 4 heterocycles.